The summed E-state index contributed by atoms with van der Waals surface area (Å²) >= 11 is 5.78. The van der Waals surface area contributed by atoms with Crippen LogP contribution >= 0.6 is 11.6 Å². The second-order valence-electron chi connectivity index (χ2n) is 5.96. The summed E-state index contributed by atoms with van der Waals surface area (Å²) in [6.45, 7) is 1.18. The van der Waals surface area contributed by atoms with Crippen LogP contribution < -0.4 is 0 Å². The number of amides is 1. The fourth-order valence-corrected chi connectivity index (χ4v) is 2.59. The van der Waals surface area contributed by atoms with Crippen molar-refractivity contribution in [2.45, 2.75) is 31.5 Å². The van der Waals surface area contributed by atoms with Gasteiger partial charge >= 0.3 is 0 Å². The molecule has 0 N–H and O–H groups in total. The molecule has 1 aliphatic rings. The van der Waals surface area contributed by atoms with Crippen molar-refractivity contribution in [3.63, 3.8) is 0 Å². The van der Waals surface area contributed by atoms with Crippen molar-refractivity contribution >= 4 is 17.5 Å². The highest BCUT2D eigenvalue weighted by Crippen LogP contribution is 2.22. The molecule has 0 unspecified atom stereocenters. The van der Waals surface area contributed by atoms with Crippen LogP contribution in [0.1, 0.15) is 18.7 Å². The number of aromatic nitrogens is 2. The molecule has 0 aromatic carbocycles. The number of likely N-dealkylation sites (N-methyl/N-ethyl adjacent to an activating group) is 2. The number of ether oxygens (including phenoxy) is 1. The van der Waals surface area contributed by atoms with Gasteiger partial charge in [0.15, 0.2) is 0 Å². The first-order chi connectivity index (χ1) is 10.4. The predicted molar refractivity (Wildman–Crippen MR) is 84.8 cm³/mol. The van der Waals surface area contributed by atoms with Crippen molar-refractivity contribution in [1.82, 2.24) is 19.8 Å². The Bertz CT molecular complexity index is 495. The molecule has 0 spiro atoms. The number of carbonyl (C=O) groups is 1. The van der Waals surface area contributed by atoms with Crippen molar-refractivity contribution in [3.05, 3.63) is 23.2 Å². The SMILES string of the molecule is CN(CC(=O)N(C)C)C[C@H]1CC[C@@H](Cc2ncc(Cl)cn2)O1. The van der Waals surface area contributed by atoms with E-state index in [1.807, 2.05) is 11.9 Å². The summed E-state index contributed by atoms with van der Waals surface area (Å²) in [5.41, 5.74) is 0. The highest BCUT2D eigenvalue weighted by atomic mass is 35.5. The van der Waals surface area contributed by atoms with E-state index in [1.165, 1.54) is 0 Å². The molecule has 1 fully saturated rings. The van der Waals surface area contributed by atoms with Crippen LogP contribution in [0.25, 0.3) is 0 Å². The van der Waals surface area contributed by atoms with E-state index in [2.05, 4.69) is 9.97 Å². The van der Waals surface area contributed by atoms with E-state index < -0.39 is 0 Å². The molecule has 0 bridgehead atoms. The minimum atomic E-state index is 0.103. The van der Waals surface area contributed by atoms with Gasteiger partial charge in [-0.15, -0.1) is 0 Å². The van der Waals surface area contributed by atoms with E-state index >= 15 is 0 Å². The summed E-state index contributed by atoms with van der Waals surface area (Å²) in [6.07, 6.45) is 6.22. The van der Waals surface area contributed by atoms with Crippen LogP contribution in [0.4, 0.5) is 0 Å². The summed E-state index contributed by atoms with van der Waals surface area (Å²) < 4.78 is 6.03. The lowest BCUT2D eigenvalue weighted by atomic mass is 10.1. The number of nitrogens with zero attached hydrogens (tertiary/aromatic N) is 4. The zero-order chi connectivity index (χ0) is 16.1. The first-order valence-electron chi connectivity index (χ1n) is 7.44. The van der Waals surface area contributed by atoms with Crippen LogP contribution in [0.3, 0.4) is 0 Å². The normalized spacial score (nSPS) is 21.3. The maximum absolute atomic E-state index is 11.7. The van der Waals surface area contributed by atoms with Crippen LogP contribution in [0.5, 0.6) is 0 Å². The summed E-state index contributed by atoms with van der Waals surface area (Å²) in [5, 5.41) is 0.543. The third-order valence-corrected chi connectivity index (χ3v) is 3.89. The number of rotatable bonds is 6. The minimum absolute atomic E-state index is 0.103. The van der Waals surface area contributed by atoms with Gasteiger partial charge < -0.3 is 9.64 Å². The van der Waals surface area contributed by atoms with E-state index in [0.717, 1.165) is 25.2 Å². The highest BCUT2D eigenvalue weighted by Gasteiger charge is 2.27. The van der Waals surface area contributed by atoms with Crippen molar-refractivity contribution in [2.75, 3.05) is 34.2 Å². The Morgan fingerprint density at radius 2 is 1.91 bits per heavy atom. The van der Waals surface area contributed by atoms with Gasteiger partial charge in [0.1, 0.15) is 5.82 Å². The predicted octanol–water partition coefficient (Wildman–Crippen LogP) is 1.24. The Labute approximate surface area is 136 Å². The monoisotopic (exact) mass is 326 g/mol. The third-order valence-electron chi connectivity index (χ3n) is 3.70. The van der Waals surface area contributed by atoms with Crippen LogP contribution in [0.15, 0.2) is 12.4 Å². The summed E-state index contributed by atoms with van der Waals surface area (Å²) in [4.78, 5) is 23.7. The first-order valence-corrected chi connectivity index (χ1v) is 7.82. The summed E-state index contributed by atoms with van der Waals surface area (Å²) in [5.74, 6) is 0.859. The lowest BCUT2D eigenvalue weighted by Crippen LogP contribution is -2.38. The second kappa shape index (κ2) is 7.85. The van der Waals surface area contributed by atoms with Crippen LogP contribution in [0, 0.1) is 0 Å². The molecule has 1 aromatic heterocycles. The topological polar surface area (TPSA) is 58.6 Å². The zero-order valence-corrected chi connectivity index (χ0v) is 14.1. The molecule has 2 heterocycles. The van der Waals surface area contributed by atoms with Gasteiger partial charge in [-0.3, -0.25) is 9.69 Å². The molecule has 1 saturated heterocycles. The lowest BCUT2D eigenvalue weighted by molar-refractivity contribution is -0.129. The largest absolute Gasteiger partial charge is 0.373 e. The summed E-state index contributed by atoms with van der Waals surface area (Å²) in [6, 6.07) is 0. The highest BCUT2D eigenvalue weighted by molar-refractivity contribution is 6.30. The Morgan fingerprint density at radius 1 is 1.27 bits per heavy atom. The van der Waals surface area contributed by atoms with Gasteiger partial charge in [0, 0.05) is 39.5 Å². The van der Waals surface area contributed by atoms with Gasteiger partial charge in [-0.05, 0) is 19.9 Å². The zero-order valence-electron chi connectivity index (χ0n) is 13.3. The molecule has 0 radical (unpaired) electrons. The third kappa shape index (κ3) is 5.19. The molecule has 2 rings (SSSR count). The van der Waals surface area contributed by atoms with E-state index in [9.17, 15) is 4.79 Å². The van der Waals surface area contributed by atoms with E-state index in [-0.39, 0.29) is 18.1 Å². The molecule has 0 saturated carbocycles. The van der Waals surface area contributed by atoms with Crippen molar-refractivity contribution < 1.29 is 9.53 Å². The number of halogens is 1. The van der Waals surface area contributed by atoms with Gasteiger partial charge in [0.2, 0.25) is 5.91 Å². The number of hydrogen-bond donors (Lipinski definition) is 0. The molecule has 1 amide bonds. The fraction of sp³-hybridized carbons (Fsp3) is 0.667. The quantitative estimate of drug-likeness (QED) is 0.787. The van der Waals surface area contributed by atoms with Crippen molar-refractivity contribution in [1.29, 1.82) is 0 Å². The van der Waals surface area contributed by atoms with Gasteiger partial charge in [0.25, 0.3) is 0 Å². The van der Waals surface area contributed by atoms with Crippen LogP contribution in [-0.2, 0) is 16.0 Å². The minimum Gasteiger partial charge on any atom is -0.373 e. The van der Waals surface area contributed by atoms with Gasteiger partial charge in [-0.25, -0.2) is 9.97 Å². The molecule has 22 heavy (non-hydrogen) atoms. The Balaban J connectivity index is 1.75. The van der Waals surface area contributed by atoms with Crippen molar-refractivity contribution in [3.8, 4) is 0 Å². The standard InChI is InChI=1S/C15H23ClN4O2/c1-19(2)15(21)10-20(3)9-13-5-4-12(22-13)6-14-17-7-11(16)8-18-14/h7-8,12-13H,4-6,9-10H2,1-3H3/t12-,13+/m0/s1. The molecule has 6 nitrogen and oxygen atoms in total. The lowest BCUT2D eigenvalue weighted by Gasteiger charge is -2.22. The summed E-state index contributed by atoms with van der Waals surface area (Å²) in [7, 11) is 5.48. The van der Waals surface area contributed by atoms with Crippen LogP contribution in [-0.4, -0.2) is 72.1 Å². The molecule has 1 aliphatic heterocycles. The fourth-order valence-electron chi connectivity index (χ4n) is 2.50. The van der Waals surface area contributed by atoms with E-state index in [4.69, 9.17) is 16.3 Å². The average molecular weight is 327 g/mol. The maximum Gasteiger partial charge on any atom is 0.236 e. The molecule has 0 aliphatic carbocycles. The first kappa shape index (κ1) is 17.1. The molecular weight excluding hydrogens is 304 g/mol. The molecule has 122 valence electrons. The number of hydrogen-bond acceptors (Lipinski definition) is 5. The molecular formula is C15H23ClN4O2. The Kier molecular flexibility index (Phi) is 6.11. The Hall–Kier alpha value is -1.24. The Morgan fingerprint density at radius 3 is 2.55 bits per heavy atom. The van der Waals surface area contributed by atoms with Gasteiger partial charge in [0.05, 0.1) is 23.8 Å². The molecule has 1 aromatic rings. The average Bonchev–Trinajstić information content (AvgIpc) is 2.88. The van der Waals surface area contributed by atoms with Crippen LogP contribution in [0.2, 0.25) is 5.02 Å². The van der Waals surface area contributed by atoms with Crippen molar-refractivity contribution in [2.24, 2.45) is 0 Å². The van der Waals surface area contributed by atoms with Gasteiger partial charge in [-0.2, -0.15) is 0 Å². The molecule has 2 atom stereocenters. The second-order valence-corrected chi connectivity index (χ2v) is 6.40. The number of carbonyl (C=O) groups excluding carboxylic acids is 1. The van der Waals surface area contributed by atoms with E-state index in [1.54, 1.807) is 31.4 Å². The smallest absolute Gasteiger partial charge is 0.236 e. The maximum atomic E-state index is 11.7. The van der Waals surface area contributed by atoms with E-state index in [0.29, 0.717) is 18.0 Å². The molecule has 7 heteroatoms. The van der Waals surface area contributed by atoms with Gasteiger partial charge in [-0.1, -0.05) is 11.6 Å².